The summed E-state index contributed by atoms with van der Waals surface area (Å²) in [5.41, 5.74) is 1.90. The van der Waals surface area contributed by atoms with Gasteiger partial charge in [0.1, 0.15) is 0 Å². The summed E-state index contributed by atoms with van der Waals surface area (Å²) in [4.78, 5) is 41.3. The third kappa shape index (κ3) is 6.13. The normalized spacial score (nSPS) is 14.4. The fourth-order valence-electron chi connectivity index (χ4n) is 3.17. The highest BCUT2D eigenvalue weighted by atomic mass is 32.1. The summed E-state index contributed by atoms with van der Waals surface area (Å²) in [5.74, 6) is -0.326. The van der Waals surface area contributed by atoms with Gasteiger partial charge in [0.2, 0.25) is 5.91 Å². The van der Waals surface area contributed by atoms with Crippen molar-refractivity contribution in [2.45, 2.75) is 19.9 Å². The van der Waals surface area contributed by atoms with Crippen molar-refractivity contribution in [2.24, 2.45) is 0 Å². The zero-order valence-electron chi connectivity index (χ0n) is 16.5. The number of benzene rings is 1. The van der Waals surface area contributed by atoms with E-state index < -0.39 is 6.03 Å². The van der Waals surface area contributed by atoms with E-state index >= 15 is 0 Å². The Labute approximate surface area is 174 Å². The highest BCUT2D eigenvalue weighted by Gasteiger charge is 2.23. The second kappa shape index (κ2) is 10.2. The largest absolute Gasteiger partial charge is 0.336 e. The van der Waals surface area contributed by atoms with Crippen LogP contribution in [0.2, 0.25) is 0 Å². The fraction of sp³-hybridized carbons (Fsp3) is 0.381. The maximum Gasteiger partial charge on any atom is 0.321 e. The number of nitrogens with zero attached hydrogens (tertiary/aromatic N) is 2. The first-order valence-electron chi connectivity index (χ1n) is 9.75. The van der Waals surface area contributed by atoms with E-state index in [0.29, 0.717) is 38.3 Å². The van der Waals surface area contributed by atoms with Crippen molar-refractivity contribution in [1.82, 2.24) is 20.4 Å². The minimum absolute atomic E-state index is 0.0182. The summed E-state index contributed by atoms with van der Waals surface area (Å²) < 4.78 is 0. The molecule has 1 aromatic carbocycles. The molecule has 8 heteroatoms. The van der Waals surface area contributed by atoms with Crippen LogP contribution in [0.4, 0.5) is 4.79 Å². The Bertz CT molecular complexity index is 828. The molecule has 7 nitrogen and oxygen atoms in total. The van der Waals surface area contributed by atoms with Gasteiger partial charge in [-0.25, -0.2) is 4.79 Å². The SMILES string of the molecule is CCc1ccc(C(=O)N2CCN(CC(=O)NC(=O)NCc3cccs3)CC2)cc1. The van der Waals surface area contributed by atoms with Crippen molar-refractivity contribution >= 4 is 29.2 Å². The number of piperazine rings is 1. The molecule has 2 N–H and O–H groups in total. The van der Waals surface area contributed by atoms with E-state index in [-0.39, 0.29) is 18.4 Å². The van der Waals surface area contributed by atoms with Gasteiger partial charge in [0.05, 0.1) is 13.1 Å². The maximum absolute atomic E-state index is 12.6. The molecule has 29 heavy (non-hydrogen) atoms. The molecule has 0 unspecified atom stereocenters. The number of carbonyl (C=O) groups is 3. The first kappa shape index (κ1) is 21.0. The van der Waals surface area contributed by atoms with Gasteiger partial charge >= 0.3 is 6.03 Å². The van der Waals surface area contributed by atoms with Crippen LogP contribution >= 0.6 is 11.3 Å². The molecular formula is C21H26N4O3S. The minimum atomic E-state index is -0.493. The van der Waals surface area contributed by atoms with Gasteiger partial charge in [0.15, 0.2) is 0 Å². The molecule has 1 aromatic heterocycles. The monoisotopic (exact) mass is 414 g/mol. The number of carbonyl (C=O) groups excluding carboxylic acids is 3. The number of aryl methyl sites for hydroxylation is 1. The topological polar surface area (TPSA) is 81.8 Å². The third-order valence-electron chi connectivity index (χ3n) is 4.89. The predicted molar refractivity (Wildman–Crippen MR) is 113 cm³/mol. The first-order valence-corrected chi connectivity index (χ1v) is 10.6. The van der Waals surface area contributed by atoms with Crippen molar-refractivity contribution in [3.63, 3.8) is 0 Å². The number of amides is 4. The molecule has 1 fully saturated rings. The van der Waals surface area contributed by atoms with Gasteiger partial charge in [-0.2, -0.15) is 0 Å². The summed E-state index contributed by atoms with van der Waals surface area (Å²) in [5, 5.41) is 6.96. The van der Waals surface area contributed by atoms with Gasteiger partial charge in [-0.1, -0.05) is 25.1 Å². The third-order valence-corrected chi connectivity index (χ3v) is 5.77. The number of imide groups is 1. The lowest BCUT2D eigenvalue weighted by Gasteiger charge is -2.34. The summed E-state index contributed by atoms with van der Waals surface area (Å²) in [6.07, 6.45) is 0.946. The van der Waals surface area contributed by atoms with Crippen LogP contribution in [0.25, 0.3) is 0 Å². The smallest absolute Gasteiger partial charge is 0.321 e. The number of hydrogen-bond acceptors (Lipinski definition) is 5. The predicted octanol–water partition coefficient (Wildman–Crippen LogP) is 2.09. The van der Waals surface area contributed by atoms with Crippen molar-refractivity contribution < 1.29 is 14.4 Å². The maximum atomic E-state index is 12.6. The van der Waals surface area contributed by atoms with E-state index in [4.69, 9.17) is 0 Å². The molecule has 2 heterocycles. The molecule has 1 saturated heterocycles. The molecule has 0 atom stereocenters. The Hall–Kier alpha value is -2.71. The summed E-state index contributed by atoms with van der Waals surface area (Å²) in [6, 6.07) is 11.1. The highest BCUT2D eigenvalue weighted by molar-refractivity contribution is 7.09. The van der Waals surface area contributed by atoms with Crippen LogP contribution in [0, 0.1) is 0 Å². The standard InChI is InChI=1S/C21H26N4O3S/c1-2-16-5-7-17(8-6-16)20(27)25-11-9-24(10-12-25)15-19(26)23-21(28)22-14-18-4-3-13-29-18/h3-8,13H,2,9-12,14-15H2,1H3,(H2,22,23,26,28). The number of rotatable bonds is 6. The van der Waals surface area contributed by atoms with E-state index in [1.807, 2.05) is 51.6 Å². The molecule has 0 spiro atoms. The average molecular weight is 415 g/mol. The van der Waals surface area contributed by atoms with Crippen LogP contribution in [-0.4, -0.2) is 60.4 Å². The van der Waals surface area contributed by atoms with Crippen LogP contribution < -0.4 is 10.6 Å². The number of urea groups is 1. The summed E-state index contributed by atoms with van der Waals surface area (Å²) in [6.45, 7) is 4.94. The number of nitrogens with one attached hydrogen (secondary N) is 2. The van der Waals surface area contributed by atoms with Gasteiger partial charge in [-0.05, 0) is 35.6 Å². The Morgan fingerprint density at radius 2 is 1.76 bits per heavy atom. The first-order chi connectivity index (χ1) is 14.0. The number of hydrogen-bond donors (Lipinski definition) is 2. The molecule has 1 aliphatic rings. The van der Waals surface area contributed by atoms with Gasteiger partial charge in [0, 0.05) is 36.6 Å². The molecule has 0 bridgehead atoms. The molecule has 154 valence electrons. The molecule has 1 aliphatic heterocycles. The van der Waals surface area contributed by atoms with Crippen LogP contribution in [0.5, 0.6) is 0 Å². The lowest BCUT2D eigenvalue weighted by molar-refractivity contribution is -0.121. The lowest BCUT2D eigenvalue weighted by atomic mass is 10.1. The Morgan fingerprint density at radius 1 is 1.03 bits per heavy atom. The summed E-state index contributed by atoms with van der Waals surface area (Å²) >= 11 is 1.55. The van der Waals surface area contributed by atoms with Crippen molar-refractivity contribution in [3.05, 3.63) is 57.8 Å². The van der Waals surface area contributed by atoms with Gasteiger partial charge in [0.25, 0.3) is 5.91 Å². The Kier molecular flexibility index (Phi) is 7.37. The van der Waals surface area contributed by atoms with E-state index in [1.54, 1.807) is 11.3 Å². The molecule has 0 aliphatic carbocycles. The fourth-order valence-corrected chi connectivity index (χ4v) is 3.81. The lowest BCUT2D eigenvalue weighted by Crippen LogP contribution is -2.52. The molecule has 4 amide bonds. The Balaban J connectivity index is 1.38. The van der Waals surface area contributed by atoms with Crippen molar-refractivity contribution in [2.75, 3.05) is 32.7 Å². The highest BCUT2D eigenvalue weighted by Crippen LogP contribution is 2.11. The van der Waals surface area contributed by atoms with Gasteiger partial charge in [-0.3, -0.25) is 19.8 Å². The minimum Gasteiger partial charge on any atom is -0.336 e. The second-order valence-corrected chi connectivity index (χ2v) is 7.96. The average Bonchev–Trinajstić information content (AvgIpc) is 3.26. The second-order valence-electron chi connectivity index (χ2n) is 6.93. The molecule has 0 radical (unpaired) electrons. The van der Waals surface area contributed by atoms with E-state index in [1.165, 1.54) is 5.56 Å². The van der Waals surface area contributed by atoms with Crippen LogP contribution in [-0.2, 0) is 17.8 Å². The van der Waals surface area contributed by atoms with Crippen molar-refractivity contribution in [3.8, 4) is 0 Å². The van der Waals surface area contributed by atoms with E-state index in [2.05, 4.69) is 17.6 Å². The van der Waals surface area contributed by atoms with E-state index in [9.17, 15) is 14.4 Å². The zero-order chi connectivity index (χ0) is 20.6. The summed E-state index contributed by atoms with van der Waals surface area (Å²) in [7, 11) is 0. The van der Waals surface area contributed by atoms with Crippen LogP contribution in [0.1, 0.15) is 27.7 Å². The molecule has 0 saturated carbocycles. The van der Waals surface area contributed by atoms with Gasteiger partial charge in [-0.15, -0.1) is 11.3 Å². The van der Waals surface area contributed by atoms with E-state index in [0.717, 1.165) is 11.3 Å². The zero-order valence-corrected chi connectivity index (χ0v) is 17.3. The van der Waals surface area contributed by atoms with Gasteiger partial charge < -0.3 is 10.2 Å². The van der Waals surface area contributed by atoms with Crippen molar-refractivity contribution in [1.29, 1.82) is 0 Å². The molecular weight excluding hydrogens is 388 g/mol. The quantitative estimate of drug-likeness (QED) is 0.758. The number of thiophene rings is 1. The van der Waals surface area contributed by atoms with Crippen LogP contribution in [0.3, 0.4) is 0 Å². The van der Waals surface area contributed by atoms with Crippen LogP contribution in [0.15, 0.2) is 41.8 Å². The molecule has 2 aromatic rings. The molecule has 3 rings (SSSR count). The Morgan fingerprint density at radius 3 is 2.38 bits per heavy atom.